The van der Waals surface area contributed by atoms with Gasteiger partial charge >= 0.3 is 0 Å². The maximum absolute atomic E-state index is 4.41. The highest BCUT2D eigenvalue weighted by atomic mass is 79.9. The number of rotatable bonds is 3. The van der Waals surface area contributed by atoms with E-state index >= 15 is 0 Å². The SMILES string of the molecule is CC(C)(C)c1ccccc1C(Br)Cc1ccccn1. The Hall–Kier alpha value is -1.15. The molecule has 1 nitrogen and oxygen atoms in total. The van der Waals surface area contributed by atoms with E-state index in [1.165, 1.54) is 11.1 Å². The van der Waals surface area contributed by atoms with E-state index in [0.29, 0.717) is 4.83 Å². The summed E-state index contributed by atoms with van der Waals surface area (Å²) >= 11 is 3.83. The molecule has 0 saturated carbocycles. The van der Waals surface area contributed by atoms with Crippen LogP contribution in [-0.4, -0.2) is 4.98 Å². The normalized spacial score (nSPS) is 13.3. The molecule has 0 aliphatic carbocycles. The molecule has 1 heterocycles. The summed E-state index contributed by atoms with van der Waals surface area (Å²) in [5.41, 5.74) is 4.04. The van der Waals surface area contributed by atoms with Crippen molar-refractivity contribution < 1.29 is 0 Å². The summed E-state index contributed by atoms with van der Waals surface area (Å²) < 4.78 is 0. The second kappa shape index (κ2) is 5.87. The number of hydrogen-bond acceptors (Lipinski definition) is 1. The second-order valence-electron chi connectivity index (χ2n) is 5.83. The summed E-state index contributed by atoms with van der Waals surface area (Å²) in [6.07, 6.45) is 2.76. The molecule has 19 heavy (non-hydrogen) atoms. The van der Waals surface area contributed by atoms with Gasteiger partial charge in [0.25, 0.3) is 0 Å². The van der Waals surface area contributed by atoms with Gasteiger partial charge in [-0.25, -0.2) is 0 Å². The molecule has 1 aromatic heterocycles. The van der Waals surface area contributed by atoms with Crippen LogP contribution in [0.5, 0.6) is 0 Å². The molecular weight excluding hydrogens is 298 g/mol. The van der Waals surface area contributed by atoms with Gasteiger partial charge in [-0.1, -0.05) is 67.0 Å². The minimum absolute atomic E-state index is 0.159. The Morgan fingerprint density at radius 1 is 1.05 bits per heavy atom. The molecule has 0 aliphatic heterocycles. The third-order valence-corrected chi connectivity index (χ3v) is 4.04. The van der Waals surface area contributed by atoms with Gasteiger partial charge in [0.15, 0.2) is 0 Å². The van der Waals surface area contributed by atoms with Gasteiger partial charge in [-0.15, -0.1) is 0 Å². The molecule has 1 unspecified atom stereocenters. The highest BCUT2D eigenvalue weighted by molar-refractivity contribution is 9.09. The van der Waals surface area contributed by atoms with Crippen molar-refractivity contribution in [3.63, 3.8) is 0 Å². The zero-order valence-electron chi connectivity index (χ0n) is 11.7. The van der Waals surface area contributed by atoms with E-state index in [2.05, 4.69) is 72.0 Å². The maximum atomic E-state index is 4.41. The zero-order chi connectivity index (χ0) is 13.9. The fraction of sp³-hybridized carbons (Fsp3) is 0.353. The quantitative estimate of drug-likeness (QED) is 0.721. The summed E-state index contributed by atoms with van der Waals surface area (Å²) in [6, 6.07) is 14.7. The van der Waals surface area contributed by atoms with Crippen LogP contribution in [0.25, 0.3) is 0 Å². The Morgan fingerprint density at radius 2 is 1.74 bits per heavy atom. The van der Waals surface area contributed by atoms with Crippen LogP contribution < -0.4 is 0 Å². The fourth-order valence-electron chi connectivity index (χ4n) is 2.27. The van der Waals surface area contributed by atoms with Crippen LogP contribution in [0.3, 0.4) is 0 Å². The summed E-state index contributed by atoms with van der Waals surface area (Å²) in [5, 5.41) is 0. The summed E-state index contributed by atoms with van der Waals surface area (Å²) in [5.74, 6) is 0. The lowest BCUT2D eigenvalue weighted by Gasteiger charge is -2.25. The third-order valence-electron chi connectivity index (χ3n) is 3.22. The number of aromatic nitrogens is 1. The lowest BCUT2D eigenvalue weighted by atomic mass is 9.82. The van der Waals surface area contributed by atoms with Crippen LogP contribution in [0, 0.1) is 0 Å². The average molecular weight is 318 g/mol. The predicted molar refractivity (Wildman–Crippen MR) is 84.8 cm³/mol. The molecule has 0 radical (unpaired) electrons. The lowest BCUT2D eigenvalue weighted by Crippen LogP contribution is -2.15. The molecule has 0 aliphatic rings. The predicted octanol–water partition coefficient (Wildman–Crippen LogP) is 5.06. The molecule has 0 spiro atoms. The largest absolute Gasteiger partial charge is 0.261 e. The molecule has 0 fully saturated rings. The van der Waals surface area contributed by atoms with E-state index in [0.717, 1.165) is 12.1 Å². The van der Waals surface area contributed by atoms with Gasteiger partial charge in [-0.05, 0) is 28.7 Å². The van der Waals surface area contributed by atoms with Crippen molar-refractivity contribution in [1.29, 1.82) is 0 Å². The summed E-state index contributed by atoms with van der Waals surface area (Å²) in [4.78, 5) is 4.71. The topological polar surface area (TPSA) is 12.9 Å². The standard InChI is InChI=1S/C17H20BrN/c1-17(2,3)15-10-5-4-9-14(15)16(18)12-13-8-6-7-11-19-13/h4-11,16H,12H2,1-3H3. The van der Waals surface area contributed by atoms with Crippen molar-refractivity contribution in [2.75, 3.05) is 0 Å². The van der Waals surface area contributed by atoms with Crippen molar-refractivity contribution in [1.82, 2.24) is 4.98 Å². The molecule has 0 saturated heterocycles. The van der Waals surface area contributed by atoms with Gasteiger partial charge in [-0.3, -0.25) is 4.98 Å². The molecule has 100 valence electrons. The highest BCUT2D eigenvalue weighted by Gasteiger charge is 2.21. The first-order valence-corrected chi connectivity index (χ1v) is 7.53. The molecule has 0 bridgehead atoms. The molecular formula is C17H20BrN. The second-order valence-corrected chi connectivity index (χ2v) is 6.94. The molecule has 1 aromatic carbocycles. The smallest absolute Gasteiger partial charge is 0.0453 e. The molecule has 0 amide bonds. The first-order chi connectivity index (χ1) is 8.98. The van der Waals surface area contributed by atoms with Crippen LogP contribution in [-0.2, 0) is 11.8 Å². The Labute approximate surface area is 124 Å². The van der Waals surface area contributed by atoms with E-state index in [9.17, 15) is 0 Å². The maximum Gasteiger partial charge on any atom is 0.0453 e. The van der Waals surface area contributed by atoms with Crippen molar-refractivity contribution >= 4 is 15.9 Å². The first-order valence-electron chi connectivity index (χ1n) is 6.62. The van der Waals surface area contributed by atoms with E-state index in [-0.39, 0.29) is 5.41 Å². The van der Waals surface area contributed by atoms with Crippen molar-refractivity contribution in [3.8, 4) is 0 Å². The van der Waals surface area contributed by atoms with Gasteiger partial charge in [0.2, 0.25) is 0 Å². The number of nitrogens with zero attached hydrogens (tertiary/aromatic N) is 1. The lowest BCUT2D eigenvalue weighted by molar-refractivity contribution is 0.581. The van der Waals surface area contributed by atoms with Crippen LogP contribution in [0.15, 0.2) is 48.7 Å². The van der Waals surface area contributed by atoms with E-state index in [4.69, 9.17) is 0 Å². The van der Waals surface area contributed by atoms with Gasteiger partial charge in [0.1, 0.15) is 0 Å². The van der Waals surface area contributed by atoms with Crippen LogP contribution in [0.2, 0.25) is 0 Å². The van der Waals surface area contributed by atoms with Crippen LogP contribution >= 0.6 is 15.9 Å². The minimum atomic E-state index is 0.159. The zero-order valence-corrected chi connectivity index (χ0v) is 13.3. The van der Waals surface area contributed by atoms with Crippen LogP contribution in [0.4, 0.5) is 0 Å². The number of hydrogen-bond donors (Lipinski definition) is 0. The Kier molecular flexibility index (Phi) is 4.41. The summed E-state index contributed by atoms with van der Waals surface area (Å²) in [7, 11) is 0. The Bertz CT molecular complexity index is 528. The van der Waals surface area contributed by atoms with E-state index in [1.807, 2.05) is 18.3 Å². The number of halogens is 1. The monoisotopic (exact) mass is 317 g/mol. The van der Waals surface area contributed by atoms with Crippen LogP contribution in [0.1, 0.15) is 42.4 Å². The fourth-order valence-corrected chi connectivity index (χ4v) is 3.00. The van der Waals surface area contributed by atoms with Gasteiger partial charge in [0.05, 0.1) is 0 Å². The first kappa shape index (κ1) is 14.3. The number of benzene rings is 1. The minimum Gasteiger partial charge on any atom is -0.261 e. The van der Waals surface area contributed by atoms with Gasteiger partial charge in [-0.2, -0.15) is 0 Å². The molecule has 2 rings (SSSR count). The number of pyridine rings is 1. The van der Waals surface area contributed by atoms with Crippen molar-refractivity contribution in [2.24, 2.45) is 0 Å². The highest BCUT2D eigenvalue weighted by Crippen LogP contribution is 2.35. The van der Waals surface area contributed by atoms with Gasteiger partial charge < -0.3 is 0 Å². The van der Waals surface area contributed by atoms with E-state index < -0.39 is 0 Å². The molecule has 2 heteroatoms. The summed E-state index contributed by atoms with van der Waals surface area (Å²) in [6.45, 7) is 6.77. The molecule has 0 N–H and O–H groups in total. The Balaban J connectivity index is 2.27. The van der Waals surface area contributed by atoms with Gasteiger partial charge in [0, 0.05) is 23.1 Å². The number of alkyl halides is 1. The van der Waals surface area contributed by atoms with Crippen molar-refractivity contribution in [3.05, 3.63) is 65.5 Å². The Morgan fingerprint density at radius 3 is 2.37 bits per heavy atom. The average Bonchev–Trinajstić information content (AvgIpc) is 2.39. The third kappa shape index (κ3) is 3.66. The molecule has 1 atom stereocenters. The van der Waals surface area contributed by atoms with E-state index in [1.54, 1.807) is 0 Å². The van der Waals surface area contributed by atoms with Crippen molar-refractivity contribution in [2.45, 2.75) is 37.4 Å². The molecule has 2 aromatic rings.